The molecule has 1 unspecified atom stereocenters. The Bertz CT molecular complexity index is 707. The summed E-state index contributed by atoms with van der Waals surface area (Å²) >= 11 is 0. The van der Waals surface area contributed by atoms with E-state index in [-0.39, 0.29) is 11.9 Å². The maximum atomic E-state index is 12.9. The number of nitrogens with zero attached hydrogens (tertiary/aromatic N) is 2. The van der Waals surface area contributed by atoms with Gasteiger partial charge in [0.05, 0.1) is 25.3 Å². The average molecular weight is 329 g/mol. The van der Waals surface area contributed by atoms with E-state index in [1.807, 2.05) is 43.0 Å². The van der Waals surface area contributed by atoms with Crippen LogP contribution in [0.1, 0.15) is 28.6 Å². The van der Waals surface area contributed by atoms with Crippen LogP contribution < -0.4 is 10.1 Å². The molecule has 1 aliphatic rings. The molecule has 0 radical (unpaired) electrons. The summed E-state index contributed by atoms with van der Waals surface area (Å²) in [6.07, 6.45) is 0.312. The lowest BCUT2D eigenvalue weighted by atomic mass is 10.0. The molecule has 0 saturated carbocycles. The fourth-order valence-electron chi connectivity index (χ4n) is 3.23. The molecule has 1 N–H and O–H groups in total. The third-order valence-electron chi connectivity index (χ3n) is 4.57. The molecule has 128 valence electrons. The second kappa shape index (κ2) is 7.05. The van der Waals surface area contributed by atoms with Gasteiger partial charge < -0.3 is 19.5 Å². The predicted molar refractivity (Wildman–Crippen MR) is 90.0 cm³/mol. The van der Waals surface area contributed by atoms with Gasteiger partial charge >= 0.3 is 0 Å². The average Bonchev–Trinajstić information content (AvgIpc) is 2.93. The zero-order valence-corrected chi connectivity index (χ0v) is 14.3. The van der Waals surface area contributed by atoms with Gasteiger partial charge in [0.2, 0.25) is 5.91 Å². The van der Waals surface area contributed by atoms with Crippen molar-refractivity contribution in [2.75, 3.05) is 26.7 Å². The second-order valence-electron chi connectivity index (χ2n) is 6.03. The van der Waals surface area contributed by atoms with E-state index in [1.165, 1.54) is 0 Å². The van der Waals surface area contributed by atoms with Gasteiger partial charge in [-0.1, -0.05) is 23.4 Å². The minimum Gasteiger partial charge on any atom is -0.496 e. The number of ether oxygens (including phenoxy) is 1. The minimum absolute atomic E-state index is 0.0390. The molecule has 2 aromatic rings. The van der Waals surface area contributed by atoms with Crippen molar-refractivity contribution in [2.45, 2.75) is 26.3 Å². The molecular weight excluding hydrogens is 306 g/mol. The Balaban J connectivity index is 1.85. The van der Waals surface area contributed by atoms with Crippen molar-refractivity contribution in [3.05, 3.63) is 46.8 Å². The Labute approximate surface area is 141 Å². The Hall–Kier alpha value is -2.34. The Morgan fingerprint density at radius 2 is 2.21 bits per heavy atom. The number of nitrogens with one attached hydrogen (secondary N) is 1. The quantitative estimate of drug-likeness (QED) is 0.929. The van der Waals surface area contributed by atoms with Crippen molar-refractivity contribution in [3.63, 3.8) is 0 Å². The molecule has 1 fully saturated rings. The smallest absolute Gasteiger partial charge is 0.227 e. The molecule has 0 bridgehead atoms. The van der Waals surface area contributed by atoms with E-state index in [9.17, 15) is 4.79 Å². The molecule has 1 amide bonds. The molecule has 1 aromatic heterocycles. The van der Waals surface area contributed by atoms with Crippen LogP contribution in [-0.2, 0) is 11.2 Å². The highest BCUT2D eigenvalue weighted by molar-refractivity contribution is 5.80. The molecule has 0 aliphatic carbocycles. The van der Waals surface area contributed by atoms with Crippen molar-refractivity contribution in [2.24, 2.45) is 0 Å². The van der Waals surface area contributed by atoms with Gasteiger partial charge in [-0.25, -0.2) is 0 Å². The van der Waals surface area contributed by atoms with Crippen LogP contribution in [0.4, 0.5) is 0 Å². The Morgan fingerprint density at radius 3 is 2.92 bits per heavy atom. The number of hydrogen-bond acceptors (Lipinski definition) is 5. The van der Waals surface area contributed by atoms with Gasteiger partial charge in [0.15, 0.2) is 0 Å². The minimum atomic E-state index is -0.0390. The summed E-state index contributed by atoms with van der Waals surface area (Å²) in [7, 11) is 1.66. The van der Waals surface area contributed by atoms with E-state index in [0.717, 1.165) is 29.1 Å². The number of carbonyl (C=O) groups is 1. The number of amides is 1. The summed E-state index contributed by atoms with van der Waals surface area (Å²) in [5.74, 6) is 1.60. The number of piperazine rings is 1. The first-order valence-electron chi connectivity index (χ1n) is 8.16. The van der Waals surface area contributed by atoms with Crippen LogP contribution in [0.5, 0.6) is 5.75 Å². The number of hydrogen-bond donors (Lipinski definition) is 1. The summed E-state index contributed by atoms with van der Waals surface area (Å²) in [5.41, 5.74) is 2.70. The van der Waals surface area contributed by atoms with Crippen molar-refractivity contribution in [1.29, 1.82) is 0 Å². The van der Waals surface area contributed by atoms with E-state index < -0.39 is 0 Å². The SMILES string of the molecule is COc1ccccc1C1CNCCN1C(=O)Cc1c(C)noc1C. The van der Waals surface area contributed by atoms with E-state index >= 15 is 0 Å². The summed E-state index contributed by atoms with van der Waals surface area (Å²) in [6.45, 7) is 5.89. The van der Waals surface area contributed by atoms with Crippen molar-refractivity contribution >= 4 is 5.91 Å². The topological polar surface area (TPSA) is 67.6 Å². The zero-order valence-electron chi connectivity index (χ0n) is 14.3. The zero-order chi connectivity index (χ0) is 17.1. The summed E-state index contributed by atoms with van der Waals surface area (Å²) in [5, 5.41) is 7.31. The highest BCUT2D eigenvalue weighted by atomic mass is 16.5. The highest BCUT2D eigenvalue weighted by Gasteiger charge is 2.30. The molecule has 24 heavy (non-hydrogen) atoms. The van der Waals surface area contributed by atoms with Crippen molar-refractivity contribution < 1.29 is 14.1 Å². The fraction of sp³-hybridized carbons (Fsp3) is 0.444. The monoisotopic (exact) mass is 329 g/mol. The standard InChI is InChI=1S/C18H23N3O3/c1-12-15(13(2)24-20-12)10-18(22)21-9-8-19-11-16(21)14-6-4-5-7-17(14)23-3/h4-7,16,19H,8-11H2,1-3H3. The summed E-state index contributed by atoms with van der Waals surface area (Å²) in [6, 6.07) is 7.83. The number of aryl methyl sites for hydroxylation is 2. The number of carbonyl (C=O) groups excluding carboxylic acids is 1. The lowest BCUT2D eigenvalue weighted by Gasteiger charge is -2.37. The molecule has 1 saturated heterocycles. The van der Waals surface area contributed by atoms with Crippen LogP contribution in [0.15, 0.2) is 28.8 Å². The van der Waals surface area contributed by atoms with Crippen LogP contribution in [0.3, 0.4) is 0 Å². The predicted octanol–water partition coefficient (Wildman–Crippen LogP) is 2.02. The lowest BCUT2D eigenvalue weighted by molar-refractivity contribution is -0.133. The van der Waals surface area contributed by atoms with E-state index in [4.69, 9.17) is 9.26 Å². The van der Waals surface area contributed by atoms with Crippen molar-refractivity contribution in [1.82, 2.24) is 15.4 Å². The lowest BCUT2D eigenvalue weighted by Crippen LogP contribution is -2.49. The third kappa shape index (κ3) is 3.14. The van der Waals surface area contributed by atoms with E-state index in [2.05, 4.69) is 10.5 Å². The largest absolute Gasteiger partial charge is 0.496 e. The maximum Gasteiger partial charge on any atom is 0.227 e. The molecule has 6 nitrogen and oxygen atoms in total. The van der Waals surface area contributed by atoms with Crippen LogP contribution in [0.2, 0.25) is 0 Å². The fourth-order valence-corrected chi connectivity index (χ4v) is 3.23. The number of rotatable bonds is 4. The van der Waals surface area contributed by atoms with Gasteiger partial charge in [0.25, 0.3) is 0 Å². The normalized spacial score (nSPS) is 17.8. The number of methoxy groups -OCH3 is 1. The van der Waals surface area contributed by atoms with Gasteiger partial charge in [-0.2, -0.15) is 0 Å². The van der Waals surface area contributed by atoms with Gasteiger partial charge in [0.1, 0.15) is 11.5 Å². The van der Waals surface area contributed by atoms with Gasteiger partial charge in [0, 0.05) is 30.8 Å². The molecular formula is C18H23N3O3. The maximum absolute atomic E-state index is 12.9. The van der Waals surface area contributed by atoms with Gasteiger partial charge in [-0.15, -0.1) is 0 Å². The Morgan fingerprint density at radius 1 is 1.42 bits per heavy atom. The number of benzene rings is 1. The van der Waals surface area contributed by atoms with Crippen molar-refractivity contribution in [3.8, 4) is 5.75 Å². The first kappa shape index (κ1) is 16.5. The molecule has 3 rings (SSSR count). The number of para-hydroxylation sites is 1. The van der Waals surface area contributed by atoms with E-state index in [0.29, 0.717) is 25.3 Å². The molecule has 1 aliphatic heterocycles. The highest BCUT2D eigenvalue weighted by Crippen LogP contribution is 2.30. The Kier molecular flexibility index (Phi) is 4.85. The first-order chi connectivity index (χ1) is 11.6. The third-order valence-corrected chi connectivity index (χ3v) is 4.57. The molecule has 0 spiro atoms. The van der Waals surface area contributed by atoms with Crippen LogP contribution in [0, 0.1) is 13.8 Å². The number of aromatic nitrogens is 1. The van der Waals surface area contributed by atoms with Crippen LogP contribution in [0.25, 0.3) is 0 Å². The first-order valence-corrected chi connectivity index (χ1v) is 8.16. The van der Waals surface area contributed by atoms with Crippen LogP contribution in [-0.4, -0.2) is 42.7 Å². The molecule has 1 atom stereocenters. The summed E-state index contributed by atoms with van der Waals surface area (Å²) < 4.78 is 10.7. The molecule has 6 heteroatoms. The van der Waals surface area contributed by atoms with Gasteiger partial charge in [-0.3, -0.25) is 4.79 Å². The molecule has 2 heterocycles. The molecule has 1 aromatic carbocycles. The summed E-state index contributed by atoms with van der Waals surface area (Å²) in [4.78, 5) is 14.9. The van der Waals surface area contributed by atoms with E-state index in [1.54, 1.807) is 7.11 Å². The van der Waals surface area contributed by atoms with Crippen LogP contribution >= 0.6 is 0 Å². The second-order valence-corrected chi connectivity index (χ2v) is 6.03. The van der Waals surface area contributed by atoms with Gasteiger partial charge in [-0.05, 0) is 19.9 Å².